The highest BCUT2D eigenvalue weighted by atomic mass is 35.5. The Morgan fingerprint density at radius 2 is 2.04 bits per heavy atom. The lowest BCUT2D eigenvalue weighted by atomic mass is 10.1. The topological polar surface area (TPSA) is 136 Å². The van der Waals surface area contributed by atoms with Crippen molar-refractivity contribution in [3.05, 3.63) is 33.4 Å². The number of aryl methyl sites for hydroxylation is 1. The van der Waals surface area contributed by atoms with Gasteiger partial charge in [0.1, 0.15) is 0 Å². The molecular weight excluding hydrogens is 408 g/mol. The smallest absolute Gasteiger partial charge is 0.289 e. The van der Waals surface area contributed by atoms with Crippen molar-refractivity contribution < 1.29 is 18.1 Å². The predicted octanol–water partition coefficient (Wildman–Crippen LogP) is 1.64. The van der Waals surface area contributed by atoms with Gasteiger partial charge in [-0.3, -0.25) is 14.9 Å². The predicted molar refractivity (Wildman–Crippen MR) is 108 cm³/mol. The fourth-order valence-corrected chi connectivity index (χ4v) is 5.44. The van der Waals surface area contributed by atoms with E-state index < -0.39 is 26.7 Å². The number of hydrogen-bond acceptors (Lipinski definition) is 6. The Balaban J connectivity index is 0.00000392. The van der Waals surface area contributed by atoms with Gasteiger partial charge in [0.15, 0.2) is 4.90 Å². The lowest BCUT2D eigenvalue weighted by Gasteiger charge is -2.35. The van der Waals surface area contributed by atoms with Crippen molar-refractivity contribution in [1.82, 2.24) is 9.62 Å². The van der Waals surface area contributed by atoms with E-state index in [0.717, 1.165) is 6.42 Å². The first-order valence-corrected chi connectivity index (χ1v) is 10.4. The minimum Gasteiger partial charge on any atom is -0.354 e. The molecule has 0 spiro atoms. The monoisotopic (exact) mass is 434 g/mol. The summed E-state index contributed by atoms with van der Waals surface area (Å²) in [6, 6.07) is 2.34. The number of benzene rings is 1. The lowest BCUT2D eigenvalue weighted by molar-refractivity contribution is -0.388. The number of sulfonamides is 1. The molecule has 9 nitrogen and oxygen atoms in total. The number of halogens is 1. The van der Waals surface area contributed by atoms with E-state index >= 15 is 0 Å². The van der Waals surface area contributed by atoms with Crippen LogP contribution < -0.4 is 11.1 Å². The molecule has 1 amide bonds. The second kappa shape index (κ2) is 10.1. The quantitative estimate of drug-likeness (QED) is 0.494. The third-order valence-corrected chi connectivity index (χ3v) is 7.03. The Morgan fingerprint density at radius 1 is 1.36 bits per heavy atom. The van der Waals surface area contributed by atoms with Crippen LogP contribution >= 0.6 is 12.4 Å². The zero-order chi connectivity index (χ0) is 20.2. The maximum absolute atomic E-state index is 13.4. The summed E-state index contributed by atoms with van der Waals surface area (Å²) in [6.45, 7) is 3.95. The number of hydrogen-bond donors (Lipinski definition) is 2. The number of nitro benzene ring substituents is 1. The average molecular weight is 435 g/mol. The van der Waals surface area contributed by atoms with Gasteiger partial charge in [-0.2, -0.15) is 4.31 Å². The summed E-state index contributed by atoms with van der Waals surface area (Å²) in [5.74, 6) is -0.238. The second-order valence-electron chi connectivity index (χ2n) is 6.72. The molecule has 28 heavy (non-hydrogen) atoms. The number of piperidine rings is 1. The van der Waals surface area contributed by atoms with Crippen molar-refractivity contribution in [2.45, 2.75) is 50.5 Å². The molecule has 1 unspecified atom stereocenters. The van der Waals surface area contributed by atoms with Gasteiger partial charge in [-0.1, -0.05) is 12.5 Å². The SMILES string of the molecule is Cc1ccc([N+](=O)[O-])c(S(=O)(=O)N2CCCCC2CNC(=O)CCN)c1C.Cl. The molecule has 0 bridgehead atoms. The third kappa shape index (κ3) is 5.19. The maximum Gasteiger partial charge on any atom is 0.289 e. The van der Waals surface area contributed by atoms with E-state index in [-0.39, 0.29) is 49.3 Å². The molecule has 158 valence electrons. The van der Waals surface area contributed by atoms with Crippen LogP contribution in [-0.2, 0) is 14.8 Å². The molecule has 11 heteroatoms. The van der Waals surface area contributed by atoms with E-state index in [2.05, 4.69) is 5.32 Å². The van der Waals surface area contributed by atoms with Crippen LogP contribution in [0.25, 0.3) is 0 Å². The van der Waals surface area contributed by atoms with Crippen LogP contribution in [0.1, 0.15) is 36.8 Å². The van der Waals surface area contributed by atoms with Crippen LogP contribution in [0, 0.1) is 24.0 Å². The van der Waals surface area contributed by atoms with Crippen LogP contribution in [0.5, 0.6) is 0 Å². The minimum absolute atomic E-state index is 0. The molecule has 0 saturated carbocycles. The molecule has 0 radical (unpaired) electrons. The summed E-state index contributed by atoms with van der Waals surface area (Å²) in [7, 11) is -4.08. The van der Waals surface area contributed by atoms with E-state index in [4.69, 9.17) is 5.73 Å². The molecular formula is C17H27ClN4O5S. The van der Waals surface area contributed by atoms with Gasteiger partial charge >= 0.3 is 0 Å². The number of nitrogens with one attached hydrogen (secondary N) is 1. The van der Waals surface area contributed by atoms with E-state index in [1.54, 1.807) is 19.9 Å². The van der Waals surface area contributed by atoms with Crippen molar-refractivity contribution in [2.24, 2.45) is 5.73 Å². The molecule has 1 aliphatic heterocycles. The Hall–Kier alpha value is -1.75. The molecule has 1 heterocycles. The van der Waals surface area contributed by atoms with Crippen LogP contribution in [0.3, 0.4) is 0 Å². The van der Waals surface area contributed by atoms with Crippen LogP contribution in [0.4, 0.5) is 5.69 Å². The third-order valence-electron chi connectivity index (χ3n) is 4.90. The number of nitro groups is 1. The number of nitrogens with two attached hydrogens (primary N) is 1. The summed E-state index contributed by atoms with van der Waals surface area (Å²) in [5.41, 5.74) is 5.98. The van der Waals surface area contributed by atoms with E-state index in [0.29, 0.717) is 24.0 Å². The fraction of sp³-hybridized carbons (Fsp3) is 0.588. The summed E-state index contributed by atoms with van der Waals surface area (Å²) in [6.07, 6.45) is 2.26. The normalized spacial score (nSPS) is 17.6. The molecule has 1 atom stereocenters. The standard InChI is InChI=1S/C17H26N4O5S.ClH/c1-12-6-7-15(21(23)24)17(13(12)2)27(25,26)20-10-4-3-5-14(20)11-19-16(22)8-9-18;/h6-7,14H,3-5,8-11,18H2,1-2H3,(H,19,22);1H. The van der Waals surface area contributed by atoms with Gasteiger partial charge in [0.2, 0.25) is 5.91 Å². The van der Waals surface area contributed by atoms with Gasteiger partial charge in [0.25, 0.3) is 15.7 Å². The molecule has 3 N–H and O–H groups in total. The Bertz CT molecular complexity index is 831. The number of amides is 1. The Labute approximate surface area is 171 Å². The number of nitrogens with zero attached hydrogens (tertiary/aromatic N) is 2. The number of carbonyl (C=O) groups is 1. The van der Waals surface area contributed by atoms with Gasteiger partial charge in [0, 0.05) is 38.2 Å². The van der Waals surface area contributed by atoms with Gasteiger partial charge in [-0.15, -0.1) is 12.4 Å². The van der Waals surface area contributed by atoms with Crippen molar-refractivity contribution >= 4 is 34.0 Å². The second-order valence-corrected chi connectivity index (χ2v) is 8.55. The summed E-state index contributed by atoms with van der Waals surface area (Å²) in [5, 5.41) is 14.1. The van der Waals surface area contributed by atoms with Gasteiger partial charge < -0.3 is 11.1 Å². The van der Waals surface area contributed by atoms with Crippen molar-refractivity contribution in [3.8, 4) is 0 Å². The highest BCUT2D eigenvalue weighted by molar-refractivity contribution is 7.89. The Morgan fingerprint density at radius 3 is 2.64 bits per heavy atom. The highest BCUT2D eigenvalue weighted by Gasteiger charge is 2.38. The van der Waals surface area contributed by atoms with Crippen molar-refractivity contribution in [3.63, 3.8) is 0 Å². The van der Waals surface area contributed by atoms with E-state index in [1.807, 2.05) is 0 Å². The summed E-state index contributed by atoms with van der Waals surface area (Å²) < 4.78 is 28.0. The molecule has 1 aromatic carbocycles. The summed E-state index contributed by atoms with van der Waals surface area (Å²) >= 11 is 0. The molecule has 2 rings (SSSR count). The minimum atomic E-state index is -4.08. The molecule has 1 saturated heterocycles. The van der Waals surface area contributed by atoms with Gasteiger partial charge in [0.05, 0.1) is 4.92 Å². The zero-order valence-electron chi connectivity index (χ0n) is 16.0. The van der Waals surface area contributed by atoms with Crippen LogP contribution in [-0.4, -0.2) is 49.2 Å². The van der Waals surface area contributed by atoms with Crippen molar-refractivity contribution in [2.75, 3.05) is 19.6 Å². The first-order chi connectivity index (χ1) is 12.7. The van der Waals surface area contributed by atoms with Gasteiger partial charge in [-0.25, -0.2) is 8.42 Å². The fourth-order valence-electron chi connectivity index (χ4n) is 3.31. The first-order valence-electron chi connectivity index (χ1n) is 8.93. The highest BCUT2D eigenvalue weighted by Crippen LogP contribution is 2.34. The first kappa shape index (κ1) is 24.3. The Kier molecular flexibility index (Phi) is 8.80. The van der Waals surface area contributed by atoms with Crippen molar-refractivity contribution in [1.29, 1.82) is 0 Å². The zero-order valence-corrected chi connectivity index (χ0v) is 17.6. The number of carbonyl (C=O) groups excluding carboxylic acids is 1. The van der Waals surface area contributed by atoms with Crippen LogP contribution in [0.15, 0.2) is 17.0 Å². The molecule has 1 aromatic rings. The largest absolute Gasteiger partial charge is 0.354 e. The maximum atomic E-state index is 13.4. The average Bonchev–Trinajstić information content (AvgIpc) is 2.62. The molecule has 1 fully saturated rings. The van der Waals surface area contributed by atoms with Crippen LogP contribution in [0.2, 0.25) is 0 Å². The summed E-state index contributed by atoms with van der Waals surface area (Å²) in [4.78, 5) is 22.2. The van der Waals surface area contributed by atoms with E-state index in [9.17, 15) is 23.3 Å². The lowest BCUT2D eigenvalue weighted by Crippen LogP contribution is -2.49. The molecule has 0 aromatic heterocycles. The number of rotatable bonds is 7. The molecule has 1 aliphatic rings. The molecule has 0 aliphatic carbocycles. The van der Waals surface area contributed by atoms with E-state index in [1.165, 1.54) is 10.4 Å². The van der Waals surface area contributed by atoms with Gasteiger partial charge in [-0.05, 0) is 37.8 Å².